The molecule has 0 aliphatic heterocycles. The first-order chi connectivity index (χ1) is 10.3. The van der Waals surface area contributed by atoms with Crippen LogP contribution < -0.4 is 0 Å². The van der Waals surface area contributed by atoms with Gasteiger partial charge in [0.15, 0.2) is 0 Å². The molecule has 0 amide bonds. The minimum absolute atomic E-state index is 0.997. The summed E-state index contributed by atoms with van der Waals surface area (Å²) in [4.78, 5) is 4.74. The lowest BCUT2D eigenvalue weighted by molar-refractivity contribution is 1.03. The van der Waals surface area contributed by atoms with Crippen LogP contribution in [0.2, 0.25) is 0 Å². The van der Waals surface area contributed by atoms with Gasteiger partial charge < -0.3 is 0 Å². The number of benzene rings is 3. The number of rotatable bonds is 4. The Bertz CT molecular complexity index is 757. The van der Waals surface area contributed by atoms with Crippen LogP contribution in [0.5, 0.6) is 0 Å². The first-order valence-electron chi connectivity index (χ1n) is 7.38. The van der Waals surface area contributed by atoms with Crippen LogP contribution in [0.15, 0.2) is 77.8 Å². The predicted molar refractivity (Wildman–Crippen MR) is 91.5 cm³/mol. The second-order valence-corrected chi connectivity index (χ2v) is 5.36. The third kappa shape index (κ3) is 3.57. The number of hydrogen-bond donors (Lipinski definition) is 0. The average Bonchev–Trinajstić information content (AvgIpc) is 2.54. The second kappa shape index (κ2) is 6.36. The van der Waals surface area contributed by atoms with E-state index < -0.39 is 0 Å². The molecule has 0 heterocycles. The van der Waals surface area contributed by atoms with Crippen molar-refractivity contribution >= 4 is 22.2 Å². The molecule has 0 fully saturated rings. The Morgan fingerprint density at radius 3 is 2.33 bits per heavy atom. The summed E-state index contributed by atoms with van der Waals surface area (Å²) in [6.45, 7) is 2.11. The van der Waals surface area contributed by atoms with Crippen LogP contribution >= 0.6 is 0 Å². The number of aryl methyl sites for hydroxylation is 1. The zero-order valence-corrected chi connectivity index (χ0v) is 12.3. The van der Waals surface area contributed by atoms with Crippen molar-refractivity contribution in [2.75, 3.05) is 0 Å². The molecule has 0 radical (unpaired) electrons. The fourth-order valence-electron chi connectivity index (χ4n) is 2.49. The van der Waals surface area contributed by atoms with Crippen LogP contribution in [0.25, 0.3) is 10.8 Å². The number of hydrogen-bond acceptors (Lipinski definition) is 1. The van der Waals surface area contributed by atoms with Gasteiger partial charge in [-0.15, -0.1) is 0 Å². The molecule has 0 saturated heterocycles. The van der Waals surface area contributed by atoms with E-state index in [1.54, 1.807) is 0 Å². The highest BCUT2D eigenvalue weighted by Crippen LogP contribution is 2.21. The second-order valence-electron chi connectivity index (χ2n) is 5.36. The predicted octanol–water partition coefficient (Wildman–Crippen LogP) is 5.57. The third-order valence-corrected chi connectivity index (χ3v) is 3.67. The van der Waals surface area contributed by atoms with Gasteiger partial charge in [-0.3, -0.25) is 4.99 Å². The lowest BCUT2D eigenvalue weighted by atomic mass is 10.1. The molecule has 3 aromatic rings. The van der Waals surface area contributed by atoms with Gasteiger partial charge in [-0.05, 0) is 48.2 Å². The van der Waals surface area contributed by atoms with Crippen molar-refractivity contribution in [3.8, 4) is 0 Å². The van der Waals surface area contributed by atoms with Gasteiger partial charge in [0.05, 0.1) is 5.69 Å². The van der Waals surface area contributed by atoms with Gasteiger partial charge in [-0.25, -0.2) is 0 Å². The van der Waals surface area contributed by atoms with Gasteiger partial charge in [0.25, 0.3) is 0 Å². The fraction of sp³-hybridized carbons (Fsp3) is 0.150. The zero-order chi connectivity index (χ0) is 14.5. The third-order valence-electron chi connectivity index (χ3n) is 3.67. The standard InChI is InChI=1S/C20H19N/c1-16(11-12-17-7-3-2-4-8-17)21-20-14-13-18-9-5-6-10-19(18)15-20/h2-10,13-15H,11-12H2,1H3. The van der Waals surface area contributed by atoms with Crippen molar-refractivity contribution < 1.29 is 0 Å². The molecule has 3 rings (SSSR count). The molecule has 0 bridgehead atoms. The molecule has 1 nitrogen and oxygen atoms in total. The summed E-state index contributed by atoms with van der Waals surface area (Å²) in [5.74, 6) is 0. The summed E-state index contributed by atoms with van der Waals surface area (Å²) in [6.07, 6.45) is 2.04. The highest BCUT2D eigenvalue weighted by atomic mass is 14.7. The van der Waals surface area contributed by atoms with Gasteiger partial charge >= 0.3 is 0 Å². The lowest BCUT2D eigenvalue weighted by Gasteiger charge is -2.03. The van der Waals surface area contributed by atoms with Crippen molar-refractivity contribution in [3.05, 3.63) is 78.4 Å². The summed E-state index contributed by atoms with van der Waals surface area (Å²) in [5, 5.41) is 2.51. The Kier molecular flexibility index (Phi) is 4.11. The largest absolute Gasteiger partial charge is 0.258 e. The summed E-state index contributed by atoms with van der Waals surface area (Å²) >= 11 is 0. The normalized spacial score (nSPS) is 11.8. The Hall–Kier alpha value is -2.41. The monoisotopic (exact) mass is 273 g/mol. The maximum absolute atomic E-state index is 4.74. The van der Waals surface area contributed by atoms with Crippen molar-refractivity contribution in [2.24, 2.45) is 4.99 Å². The highest BCUT2D eigenvalue weighted by Gasteiger charge is 1.98. The molecular weight excluding hydrogens is 254 g/mol. The minimum atomic E-state index is 0.997. The molecule has 21 heavy (non-hydrogen) atoms. The van der Waals surface area contributed by atoms with E-state index in [-0.39, 0.29) is 0 Å². The lowest BCUT2D eigenvalue weighted by Crippen LogP contribution is -1.94. The fourth-order valence-corrected chi connectivity index (χ4v) is 2.49. The van der Waals surface area contributed by atoms with Gasteiger partial charge in [0, 0.05) is 5.71 Å². The number of fused-ring (bicyclic) bond motifs is 1. The summed E-state index contributed by atoms with van der Waals surface area (Å²) in [5.41, 5.74) is 3.58. The molecule has 0 N–H and O–H groups in total. The first kappa shape index (κ1) is 13.6. The summed E-state index contributed by atoms with van der Waals surface area (Å²) in [6, 6.07) is 25.4. The average molecular weight is 273 g/mol. The molecule has 0 spiro atoms. The summed E-state index contributed by atoms with van der Waals surface area (Å²) < 4.78 is 0. The Labute approximate surface area is 126 Å². The van der Waals surface area contributed by atoms with Crippen LogP contribution in [0.4, 0.5) is 5.69 Å². The van der Waals surface area contributed by atoms with E-state index >= 15 is 0 Å². The molecule has 104 valence electrons. The molecule has 0 aliphatic rings. The Morgan fingerprint density at radius 2 is 1.52 bits per heavy atom. The van der Waals surface area contributed by atoms with Crippen molar-refractivity contribution in [2.45, 2.75) is 19.8 Å². The molecule has 0 saturated carbocycles. The Morgan fingerprint density at radius 1 is 0.810 bits per heavy atom. The van der Waals surface area contributed by atoms with Crippen LogP contribution in [0, 0.1) is 0 Å². The molecule has 0 atom stereocenters. The Balaban J connectivity index is 1.73. The topological polar surface area (TPSA) is 12.4 Å². The molecule has 0 unspecified atom stereocenters. The summed E-state index contributed by atoms with van der Waals surface area (Å²) in [7, 11) is 0. The van der Waals surface area contributed by atoms with E-state index in [0.717, 1.165) is 18.5 Å². The van der Waals surface area contributed by atoms with E-state index in [0.29, 0.717) is 0 Å². The molecule has 0 aliphatic carbocycles. The van der Waals surface area contributed by atoms with Crippen molar-refractivity contribution in [1.29, 1.82) is 0 Å². The first-order valence-corrected chi connectivity index (χ1v) is 7.38. The van der Waals surface area contributed by atoms with E-state index in [2.05, 4.69) is 79.7 Å². The van der Waals surface area contributed by atoms with Gasteiger partial charge in [-0.1, -0.05) is 60.7 Å². The van der Waals surface area contributed by atoms with Crippen molar-refractivity contribution in [1.82, 2.24) is 0 Å². The van der Waals surface area contributed by atoms with Gasteiger partial charge in [0.1, 0.15) is 0 Å². The van der Waals surface area contributed by atoms with E-state index in [1.165, 1.54) is 22.0 Å². The molecule has 3 aromatic carbocycles. The number of nitrogens with zero attached hydrogens (tertiary/aromatic N) is 1. The van der Waals surface area contributed by atoms with E-state index in [9.17, 15) is 0 Å². The minimum Gasteiger partial charge on any atom is -0.258 e. The molecule has 0 aromatic heterocycles. The SMILES string of the molecule is CC(CCc1ccccc1)=Nc1ccc2ccccc2c1. The van der Waals surface area contributed by atoms with Crippen LogP contribution in [-0.2, 0) is 6.42 Å². The van der Waals surface area contributed by atoms with Gasteiger partial charge in [0.2, 0.25) is 0 Å². The smallest absolute Gasteiger partial charge is 0.0635 e. The quantitative estimate of drug-likeness (QED) is 0.551. The van der Waals surface area contributed by atoms with Gasteiger partial charge in [-0.2, -0.15) is 0 Å². The van der Waals surface area contributed by atoms with Crippen LogP contribution in [0.3, 0.4) is 0 Å². The maximum Gasteiger partial charge on any atom is 0.0635 e. The van der Waals surface area contributed by atoms with E-state index in [4.69, 9.17) is 4.99 Å². The maximum atomic E-state index is 4.74. The van der Waals surface area contributed by atoms with Crippen molar-refractivity contribution in [3.63, 3.8) is 0 Å². The zero-order valence-electron chi connectivity index (χ0n) is 12.3. The highest BCUT2D eigenvalue weighted by molar-refractivity contribution is 5.89. The van der Waals surface area contributed by atoms with Crippen LogP contribution in [-0.4, -0.2) is 5.71 Å². The number of aliphatic imine (C=N–C) groups is 1. The van der Waals surface area contributed by atoms with Crippen LogP contribution in [0.1, 0.15) is 18.9 Å². The molecular formula is C20H19N. The molecule has 1 heteroatoms. The van der Waals surface area contributed by atoms with E-state index in [1.807, 2.05) is 0 Å².